The van der Waals surface area contributed by atoms with Crippen LogP contribution >= 0.6 is 20.3 Å². The molecule has 0 aromatic heterocycles. The van der Waals surface area contributed by atoms with Crippen LogP contribution in [-0.2, 0) is 4.57 Å². The summed E-state index contributed by atoms with van der Waals surface area (Å²) in [6.45, 7) is 3.86. The molecule has 0 saturated heterocycles. The summed E-state index contributed by atoms with van der Waals surface area (Å²) >= 11 is 5.27. The Bertz CT molecular complexity index is 37.2. The Hall–Kier alpha value is 0.350. The van der Waals surface area contributed by atoms with Gasteiger partial charge in [0, 0.05) is 5.38 Å². The maximum atomic E-state index is 8.51. The number of alkyl halides is 1. The van der Waals surface area contributed by atoms with Crippen LogP contribution in [0.2, 0.25) is 0 Å². The third-order valence-electron chi connectivity index (χ3n) is 0. The fourth-order valence-corrected chi connectivity index (χ4v) is 0. The minimum atomic E-state index is -1.17. The second-order valence-electron chi connectivity index (χ2n) is 1.11. The van der Waals surface area contributed by atoms with Crippen molar-refractivity contribution in [2.75, 3.05) is 0 Å². The van der Waals surface area contributed by atoms with E-state index in [1.54, 1.807) is 0 Å². The molecule has 0 spiro atoms. The van der Waals surface area contributed by atoms with Crippen molar-refractivity contribution in [2.24, 2.45) is 0 Å². The van der Waals surface area contributed by atoms with Gasteiger partial charge in [-0.05, 0) is 18.4 Å². The molecule has 0 amide bonds. The van der Waals surface area contributed by atoms with Crippen LogP contribution in [0.1, 0.15) is 13.8 Å². The lowest BCUT2D eigenvalue weighted by molar-refractivity contribution is 0.524. The van der Waals surface area contributed by atoms with Crippen LogP contribution in [0.4, 0.5) is 0 Å². The molecule has 44 valence electrons. The molecule has 0 fully saturated rings. The van der Waals surface area contributed by atoms with Gasteiger partial charge in [-0.1, -0.05) is 0 Å². The highest BCUT2D eigenvalue weighted by atomic mass is 35.5. The van der Waals surface area contributed by atoms with E-state index < -0.39 is 8.69 Å². The Morgan fingerprint density at radius 3 is 1.71 bits per heavy atom. The molecular formula is C3H9ClO2P+. The van der Waals surface area contributed by atoms with Gasteiger partial charge in [-0.15, -0.1) is 11.6 Å². The zero-order valence-corrected chi connectivity index (χ0v) is 6.07. The highest BCUT2D eigenvalue weighted by molar-refractivity contribution is 7.16. The van der Waals surface area contributed by atoms with E-state index in [1.807, 2.05) is 13.8 Å². The van der Waals surface area contributed by atoms with Crippen LogP contribution in [0.25, 0.3) is 0 Å². The molecular weight excluding hydrogens is 134 g/mol. The van der Waals surface area contributed by atoms with Gasteiger partial charge in [0.1, 0.15) is 0 Å². The maximum Gasteiger partial charge on any atom is 0.491 e. The van der Waals surface area contributed by atoms with Crippen molar-refractivity contribution in [1.29, 1.82) is 0 Å². The molecule has 1 atom stereocenters. The third-order valence-corrected chi connectivity index (χ3v) is 0. The Morgan fingerprint density at radius 2 is 1.71 bits per heavy atom. The summed E-state index contributed by atoms with van der Waals surface area (Å²) in [5.74, 6) is 0. The zero-order valence-electron chi connectivity index (χ0n) is 4.31. The summed E-state index contributed by atoms with van der Waals surface area (Å²) in [6.07, 6.45) is 0. The van der Waals surface area contributed by atoms with Crippen molar-refractivity contribution in [3.05, 3.63) is 0 Å². The minimum Gasteiger partial charge on any atom is -0.162 e. The molecule has 0 saturated carbocycles. The highest BCUT2D eigenvalue weighted by Gasteiger charge is 1.71. The minimum absolute atomic E-state index is 0.306. The smallest absolute Gasteiger partial charge is 0.162 e. The van der Waals surface area contributed by atoms with Gasteiger partial charge < -0.3 is 0 Å². The van der Waals surface area contributed by atoms with Gasteiger partial charge in [0.2, 0.25) is 0 Å². The quantitative estimate of drug-likeness (QED) is 0.413. The van der Waals surface area contributed by atoms with Gasteiger partial charge in [0.25, 0.3) is 0 Å². The lowest BCUT2D eigenvalue weighted by Gasteiger charge is -1.76. The zero-order chi connectivity index (χ0) is 6.28. The van der Waals surface area contributed by atoms with Gasteiger partial charge in [-0.3, -0.25) is 0 Å². The van der Waals surface area contributed by atoms with E-state index in [4.69, 9.17) is 21.1 Å². The molecule has 0 heterocycles. The molecule has 0 radical (unpaired) electrons. The van der Waals surface area contributed by atoms with Gasteiger partial charge in [0.05, 0.1) is 0 Å². The first kappa shape index (κ1) is 10.4. The molecule has 1 unspecified atom stereocenters. The van der Waals surface area contributed by atoms with Crippen molar-refractivity contribution in [3.8, 4) is 0 Å². The Balaban J connectivity index is 0. The predicted octanol–water partition coefficient (Wildman–Crippen LogP) is 1.55. The second-order valence-corrected chi connectivity index (χ2v) is 2.16. The first-order chi connectivity index (χ1) is 3.15. The Morgan fingerprint density at radius 1 is 1.71 bits per heavy atom. The Kier molecular flexibility index (Phi) is 14.2. The fourth-order valence-electron chi connectivity index (χ4n) is 0. The molecule has 0 aliphatic rings. The molecule has 0 aliphatic carbocycles. The van der Waals surface area contributed by atoms with E-state index in [1.165, 1.54) is 0 Å². The fraction of sp³-hybridized carbons (Fsp3) is 1.00. The number of hydrogen-bond donors (Lipinski definition) is 1. The monoisotopic (exact) mass is 143 g/mol. The molecule has 0 aromatic carbocycles. The summed E-state index contributed by atoms with van der Waals surface area (Å²) in [6, 6.07) is 0. The number of hydrogen-bond acceptors (Lipinski definition) is 1. The lowest BCUT2D eigenvalue weighted by atomic mass is 10.6. The molecule has 0 bridgehead atoms. The highest BCUT2D eigenvalue weighted by Crippen LogP contribution is 1.84. The lowest BCUT2D eigenvalue weighted by Crippen LogP contribution is -1.70. The standard InChI is InChI=1S/C3H7Cl.HO2P/c1-3(2)4;1-3-2/h3H,1-2H3;3H/p+1. The summed E-state index contributed by atoms with van der Waals surface area (Å²) in [5.41, 5.74) is 0. The Labute approximate surface area is 49.8 Å². The van der Waals surface area contributed by atoms with Crippen LogP contribution in [0, 0.1) is 0 Å². The molecule has 0 aromatic rings. The first-order valence-electron chi connectivity index (χ1n) is 1.80. The normalized spacial score (nSPS) is 8.14. The largest absolute Gasteiger partial charge is 0.491 e. The van der Waals surface area contributed by atoms with Crippen LogP contribution < -0.4 is 0 Å². The van der Waals surface area contributed by atoms with E-state index >= 15 is 0 Å². The SMILES string of the molecule is CC(C)Cl.O=[PH+]O. The van der Waals surface area contributed by atoms with Crippen molar-refractivity contribution in [2.45, 2.75) is 19.2 Å². The second kappa shape index (κ2) is 9.61. The van der Waals surface area contributed by atoms with E-state index in [2.05, 4.69) is 0 Å². The summed E-state index contributed by atoms with van der Waals surface area (Å²) in [4.78, 5) is 7.04. The van der Waals surface area contributed by atoms with Crippen molar-refractivity contribution in [1.82, 2.24) is 0 Å². The van der Waals surface area contributed by atoms with E-state index in [0.29, 0.717) is 5.38 Å². The average Bonchev–Trinajstić information content (AvgIpc) is 1.33. The molecule has 4 heteroatoms. The summed E-state index contributed by atoms with van der Waals surface area (Å²) in [5, 5.41) is 0.306. The third kappa shape index (κ3) is 981. The molecule has 0 aliphatic heterocycles. The topological polar surface area (TPSA) is 37.3 Å². The van der Waals surface area contributed by atoms with Gasteiger partial charge in [-0.25, -0.2) is 0 Å². The van der Waals surface area contributed by atoms with Crippen molar-refractivity contribution >= 4 is 20.3 Å². The molecule has 2 nitrogen and oxygen atoms in total. The van der Waals surface area contributed by atoms with Crippen molar-refractivity contribution < 1.29 is 9.46 Å². The van der Waals surface area contributed by atoms with Gasteiger partial charge in [-0.2, -0.15) is 4.89 Å². The van der Waals surface area contributed by atoms with Crippen LogP contribution in [0.3, 0.4) is 0 Å². The van der Waals surface area contributed by atoms with Crippen LogP contribution in [-0.4, -0.2) is 10.3 Å². The van der Waals surface area contributed by atoms with Crippen LogP contribution in [0.5, 0.6) is 0 Å². The first-order valence-corrected chi connectivity index (χ1v) is 3.09. The number of halogens is 1. The molecule has 7 heavy (non-hydrogen) atoms. The molecule has 1 N–H and O–H groups in total. The van der Waals surface area contributed by atoms with Crippen LogP contribution in [0.15, 0.2) is 0 Å². The van der Waals surface area contributed by atoms with Gasteiger partial charge in [0.15, 0.2) is 0 Å². The predicted molar refractivity (Wildman–Crippen MR) is 32.2 cm³/mol. The average molecular weight is 144 g/mol. The molecule has 0 rings (SSSR count). The van der Waals surface area contributed by atoms with Gasteiger partial charge >= 0.3 is 8.69 Å². The van der Waals surface area contributed by atoms with Crippen molar-refractivity contribution in [3.63, 3.8) is 0 Å². The van der Waals surface area contributed by atoms with E-state index in [9.17, 15) is 0 Å². The maximum absolute atomic E-state index is 8.51. The number of rotatable bonds is 0. The summed E-state index contributed by atoms with van der Waals surface area (Å²) < 4.78 is 8.51. The van der Waals surface area contributed by atoms with E-state index in [-0.39, 0.29) is 0 Å². The summed E-state index contributed by atoms with van der Waals surface area (Å²) in [7, 11) is -1.17. The van der Waals surface area contributed by atoms with E-state index in [0.717, 1.165) is 0 Å².